The van der Waals surface area contributed by atoms with Crippen molar-refractivity contribution in [3.8, 4) is 0 Å². The van der Waals surface area contributed by atoms with Crippen LogP contribution >= 0.6 is 15.9 Å². The molecule has 2 aromatic rings. The number of hydrogen-bond donors (Lipinski definition) is 3. The van der Waals surface area contributed by atoms with Crippen molar-refractivity contribution in [3.05, 3.63) is 56.9 Å². The summed E-state index contributed by atoms with van der Waals surface area (Å²) in [6.07, 6.45) is 1.36. The van der Waals surface area contributed by atoms with Crippen molar-refractivity contribution in [3.63, 3.8) is 0 Å². The van der Waals surface area contributed by atoms with Crippen LogP contribution in [-0.4, -0.2) is 19.3 Å². The SMILES string of the molecule is NS(=O)(=O)c1ccc(NC(=O)c2cc[nH]c(=O)c2)c(Br)c1. The predicted molar refractivity (Wildman–Crippen MR) is 80.5 cm³/mol. The highest BCUT2D eigenvalue weighted by molar-refractivity contribution is 9.10. The third-order valence-electron chi connectivity index (χ3n) is 2.55. The van der Waals surface area contributed by atoms with Gasteiger partial charge in [0.2, 0.25) is 15.6 Å². The van der Waals surface area contributed by atoms with Gasteiger partial charge in [0.1, 0.15) is 0 Å². The summed E-state index contributed by atoms with van der Waals surface area (Å²) >= 11 is 3.15. The number of amides is 1. The fraction of sp³-hybridized carbons (Fsp3) is 0. The Labute approximate surface area is 128 Å². The molecule has 1 aromatic carbocycles. The van der Waals surface area contributed by atoms with Gasteiger partial charge in [-0.15, -0.1) is 0 Å². The topological polar surface area (TPSA) is 122 Å². The summed E-state index contributed by atoms with van der Waals surface area (Å²) in [5, 5.41) is 7.57. The third kappa shape index (κ3) is 3.78. The maximum atomic E-state index is 12.0. The summed E-state index contributed by atoms with van der Waals surface area (Å²) in [5.74, 6) is -0.495. The van der Waals surface area contributed by atoms with Crippen molar-refractivity contribution in [2.75, 3.05) is 5.32 Å². The number of aromatic nitrogens is 1. The molecule has 1 heterocycles. The number of carbonyl (C=O) groups is 1. The van der Waals surface area contributed by atoms with Gasteiger partial charge in [-0.2, -0.15) is 0 Å². The van der Waals surface area contributed by atoms with Crippen LogP contribution in [0.2, 0.25) is 0 Å². The molecule has 0 bridgehead atoms. The molecule has 4 N–H and O–H groups in total. The van der Waals surface area contributed by atoms with Gasteiger partial charge < -0.3 is 10.3 Å². The molecule has 0 radical (unpaired) electrons. The van der Waals surface area contributed by atoms with Gasteiger partial charge in [-0.3, -0.25) is 9.59 Å². The molecular weight excluding hydrogens is 362 g/mol. The van der Waals surface area contributed by atoms with Crippen LogP contribution in [0.3, 0.4) is 0 Å². The lowest BCUT2D eigenvalue weighted by atomic mass is 10.2. The number of carbonyl (C=O) groups excluding carboxylic acids is 1. The number of hydrogen-bond acceptors (Lipinski definition) is 4. The van der Waals surface area contributed by atoms with Crippen molar-refractivity contribution >= 4 is 37.5 Å². The Kier molecular flexibility index (Phi) is 4.26. The molecule has 110 valence electrons. The lowest BCUT2D eigenvalue weighted by Crippen LogP contribution is -2.16. The Morgan fingerprint density at radius 2 is 1.95 bits per heavy atom. The molecule has 0 fully saturated rings. The smallest absolute Gasteiger partial charge is 0.255 e. The Morgan fingerprint density at radius 1 is 1.24 bits per heavy atom. The maximum Gasteiger partial charge on any atom is 0.255 e. The Morgan fingerprint density at radius 3 is 2.52 bits per heavy atom. The highest BCUT2D eigenvalue weighted by Crippen LogP contribution is 2.25. The van der Waals surface area contributed by atoms with Crippen molar-refractivity contribution < 1.29 is 13.2 Å². The van der Waals surface area contributed by atoms with E-state index in [-0.39, 0.29) is 10.5 Å². The van der Waals surface area contributed by atoms with E-state index in [0.29, 0.717) is 10.2 Å². The number of aromatic amines is 1. The minimum absolute atomic E-state index is 0.0801. The largest absolute Gasteiger partial charge is 0.329 e. The lowest BCUT2D eigenvalue weighted by molar-refractivity contribution is 0.102. The van der Waals surface area contributed by atoms with Crippen LogP contribution in [0, 0.1) is 0 Å². The molecule has 0 saturated carbocycles. The average molecular weight is 372 g/mol. The highest BCUT2D eigenvalue weighted by atomic mass is 79.9. The van der Waals surface area contributed by atoms with E-state index in [1.54, 1.807) is 0 Å². The van der Waals surface area contributed by atoms with Crippen molar-refractivity contribution in [2.45, 2.75) is 4.90 Å². The molecule has 0 spiro atoms. The van der Waals surface area contributed by atoms with E-state index >= 15 is 0 Å². The number of pyridine rings is 1. The second kappa shape index (κ2) is 5.80. The maximum absolute atomic E-state index is 12.0. The zero-order valence-corrected chi connectivity index (χ0v) is 12.9. The molecule has 0 unspecified atom stereocenters. The van der Waals surface area contributed by atoms with Crippen LogP contribution in [-0.2, 0) is 10.0 Å². The number of anilines is 1. The van der Waals surface area contributed by atoms with E-state index in [0.717, 1.165) is 6.07 Å². The number of nitrogens with two attached hydrogens (primary N) is 1. The predicted octanol–water partition coefficient (Wildman–Crippen LogP) is 1.04. The molecule has 0 aliphatic rings. The summed E-state index contributed by atoms with van der Waals surface area (Å²) in [7, 11) is -3.82. The van der Waals surface area contributed by atoms with Crippen LogP contribution in [0.5, 0.6) is 0 Å². The van der Waals surface area contributed by atoms with E-state index in [4.69, 9.17) is 5.14 Å². The molecule has 0 aliphatic carbocycles. The summed E-state index contributed by atoms with van der Waals surface area (Å²) < 4.78 is 22.8. The fourth-order valence-electron chi connectivity index (χ4n) is 1.55. The van der Waals surface area contributed by atoms with Crippen molar-refractivity contribution in [2.24, 2.45) is 5.14 Å². The highest BCUT2D eigenvalue weighted by Gasteiger charge is 2.13. The second-order valence-corrected chi connectivity index (χ2v) is 6.50. The van der Waals surface area contributed by atoms with Gasteiger partial charge in [0, 0.05) is 22.3 Å². The van der Waals surface area contributed by atoms with Crippen molar-refractivity contribution in [1.29, 1.82) is 0 Å². The Bertz CT molecular complexity index is 861. The molecule has 7 nitrogen and oxygen atoms in total. The second-order valence-electron chi connectivity index (χ2n) is 4.08. The number of benzene rings is 1. The van der Waals surface area contributed by atoms with Crippen LogP contribution < -0.4 is 16.0 Å². The lowest BCUT2D eigenvalue weighted by Gasteiger charge is -2.08. The first kappa shape index (κ1) is 15.4. The minimum Gasteiger partial charge on any atom is -0.329 e. The van der Waals surface area contributed by atoms with E-state index in [2.05, 4.69) is 26.2 Å². The average Bonchev–Trinajstić information content (AvgIpc) is 2.39. The standard InChI is InChI=1S/C12H10BrN3O4S/c13-9-6-8(21(14,19)20)1-2-10(9)16-12(18)7-3-4-15-11(17)5-7/h1-6H,(H,15,17)(H,16,18)(H2,14,19,20). The molecule has 0 aliphatic heterocycles. The number of H-pyrrole nitrogens is 1. The van der Waals surface area contributed by atoms with Crippen LogP contribution in [0.1, 0.15) is 10.4 Å². The molecule has 2 rings (SSSR count). The molecule has 0 saturated heterocycles. The van der Waals surface area contributed by atoms with E-state index in [1.165, 1.54) is 30.5 Å². The Hall–Kier alpha value is -1.97. The molecule has 0 atom stereocenters. The summed E-state index contributed by atoms with van der Waals surface area (Å²) in [5.41, 5.74) is 0.139. The summed E-state index contributed by atoms with van der Waals surface area (Å²) in [6.45, 7) is 0. The first-order chi connectivity index (χ1) is 9.77. The van der Waals surface area contributed by atoms with E-state index in [9.17, 15) is 18.0 Å². The number of nitrogens with one attached hydrogen (secondary N) is 2. The number of primary sulfonamides is 1. The van der Waals surface area contributed by atoms with Crippen LogP contribution in [0.15, 0.2) is 50.7 Å². The van der Waals surface area contributed by atoms with Gasteiger partial charge in [-0.1, -0.05) is 0 Å². The molecule has 1 aromatic heterocycles. The van der Waals surface area contributed by atoms with Gasteiger partial charge in [0.25, 0.3) is 5.91 Å². The van der Waals surface area contributed by atoms with Gasteiger partial charge in [-0.25, -0.2) is 13.6 Å². The van der Waals surface area contributed by atoms with Crippen LogP contribution in [0.4, 0.5) is 5.69 Å². The monoisotopic (exact) mass is 371 g/mol. The van der Waals surface area contributed by atoms with Gasteiger partial charge in [-0.05, 0) is 40.2 Å². The molecule has 21 heavy (non-hydrogen) atoms. The number of halogens is 1. The molecule has 1 amide bonds. The normalized spacial score (nSPS) is 11.1. The van der Waals surface area contributed by atoms with Gasteiger partial charge >= 0.3 is 0 Å². The minimum atomic E-state index is -3.82. The number of rotatable bonds is 3. The van der Waals surface area contributed by atoms with Crippen LogP contribution in [0.25, 0.3) is 0 Å². The Balaban J connectivity index is 2.28. The third-order valence-corrected chi connectivity index (χ3v) is 4.12. The molecule has 9 heteroatoms. The first-order valence-corrected chi connectivity index (χ1v) is 7.94. The van der Waals surface area contributed by atoms with Gasteiger partial charge in [0.05, 0.1) is 10.6 Å². The summed E-state index contributed by atoms with van der Waals surface area (Å²) in [4.78, 5) is 25.4. The summed E-state index contributed by atoms with van der Waals surface area (Å²) in [6, 6.07) is 6.55. The number of sulfonamides is 1. The zero-order chi connectivity index (χ0) is 15.6. The van der Waals surface area contributed by atoms with Gasteiger partial charge in [0.15, 0.2) is 0 Å². The quantitative estimate of drug-likeness (QED) is 0.745. The van der Waals surface area contributed by atoms with E-state index in [1.807, 2.05) is 0 Å². The first-order valence-electron chi connectivity index (χ1n) is 5.60. The van der Waals surface area contributed by atoms with Crippen molar-refractivity contribution in [1.82, 2.24) is 4.98 Å². The zero-order valence-electron chi connectivity index (χ0n) is 10.5. The van der Waals surface area contributed by atoms with E-state index < -0.39 is 21.5 Å². The fourth-order valence-corrected chi connectivity index (χ4v) is 2.72. The molecular formula is C12H10BrN3O4S.